The third kappa shape index (κ3) is 2.89. The summed E-state index contributed by atoms with van der Waals surface area (Å²) in [4.78, 5) is 10.9. The fourth-order valence-corrected chi connectivity index (χ4v) is 1.16. The molecule has 0 unspecified atom stereocenters. The smallest absolute Gasteiger partial charge is 0.330 e. The van der Waals surface area contributed by atoms with E-state index < -0.39 is 0 Å². The molecule has 2 nitrogen and oxygen atoms in total. The Labute approximate surface area is 88.1 Å². The van der Waals surface area contributed by atoms with Crippen LogP contribution >= 0.6 is 11.6 Å². The fraction of sp³-hybridized carbons (Fsp3) is 0.182. The van der Waals surface area contributed by atoms with Crippen molar-refractivity contribution in [3.05, 3.63) is 40.9 Å². The van der Waals surface area contributed by atoms with Crippen molar-refractivity contribution >= 4 is 23.1 Å². The quantitative estimate of drug-likeness (QED) is 0.554. The van der Waals surface area contributed by atoms with Gasteiger partial charge in [-0.1, -0.05) is 23.7 Å². The van der Waals surface area contributed by atoms with Crippen molar-refractivity contribution in [2.24, 2.45) is 0 Å². The Morgan fingerprint density at radius 3 is 2.43 bits per heavy atom. The molecule has 0 amide bonds. The average molecular weight is 211 g/mol. The van der Waals surface area contributed by atoms with Crippen LogP contribution < -0.4 is 0 Å². The van der Waals surface area contributed by atoms with Gasteiger partial charge in [0, 0.05) is 11.1 Å². The van der Waals surface area contributed by atoms with Crippen LogP contribution in [0.4, 0.5) is 0 Å². The van der Waals surface area contributed by atoms with Crippen LogP contribution in [-0.4, -0.2) is 13.1 Å². The largest absolute Gasteiger partial charge is 0.466 e. The van der Waals surface area contributed by atoms with Gasteiger partial charge in [0.15, 0.2) is 0 Å². The van der Waals surface area contributed by atoms with Crippen LogP contribution in [0.15, 0.2) is 30.3 Å². The number of benzene rings is 1. The zero-order valence-corrected chi connectivity index (χ0v) is 8.84. The highest BCUT2D eigenvalue weighted by Gasteiger charge is 1.99. The molecule has 0 radical (unpaired) electrons. The molecule has 1 aromatic carbocycles. The first-order valence-corrected chi connectivity index (χ1v) is 4.53. The molecule has 0 fully saturated rings. The Bertz CT molecular complexity index is 352. The van der Waals surface area contributed by atoms with Crippen LogP contribution in [-0.2, 0) is 9.53 Å². The molecular formula is C11H11ClO2. The highest BCUT2D eigenvalue weighted by atomic mass is 35.5. The van der Waals surface area contributed by atoms with Gasteiger partial charge in [0.1, 0.15) is 0 Å². The van der Waals surface area contributed by atoms with Gasteiger partial charge in [0.2, 0.25) is 0 Å². The summed E-state index contributed by atoms with van der Waals surface area (Å²) in [6, 6.07) is 7.28. The van der Waals surface area contributed by atoms with Crippen LogP contribution in [0.25, 0.3) is 5.57 Å². The van der Waals surface area contributed by atoms with Crippen molar-refractivity contribution in [1.82, 2.24) is 0 Å². The van der Waals surface area contributed by atoms with Gasteiger partial charge in [-0.25, -0.2) is 4.79 Å². The van der Waals surface area contributed by atoms with Crippen molar-refractivity contribution in [1.29, 1.82) is 0 Å². The van der Waals surface area contributed by atoms with Crippen LogP contribution in [0, 0.1) is 0 Å². The van der Waals surface area contributed by atoms with E-state index >= 15 is 0 Å². The zero-order chi connectivity index (χ0) is 10.6. The lowest BCUT2D eigenvalue weighted by molar-refractivity contribution is -0.134. The number of esters is 1. The standard InChI is InChI=1S/C11H11ClO2/c1-8(7-11(13)14-2)9-3-5-10(12)6-4-9/h3-7H,1-2H3/b8-7-. The Morgan fingerprint density at radius 1 is 1.36 bits per heavy atom. The van der Waals surface area contributed by atoms with Crippen molar-refractivity contribution in [3.63, 3.8) is 0 Å². The maximum absolute atomic E-state index is 10.9. The molecule has 0 atom stereocenters. The van der Waals surface area contributed by atoms with E-state index in [1.54, 1.807) is 12.1 Å². The monoisotopic (exact) mass is 210 g/mol. The Balaban J connectivity index is 2.89. The molecule has 3 heteroatoms. The summed E-state index contributed by atoms with van der Waals surface area (Å²) in [6.45, 7) is 1.85. The zero-order valence-electron chi connectivity index (χ0n) is 8.08. The topological polar surface area (TPSA) is 26.3 Å². The average Bonchev–Trinajstić information content (AvgIpc) is 2.18. The van der Waals surface area contributed by atoms with Crippen LogP contribution in [0.1, 0.15) is 12.5 Å². The molecule has 0 bridgehead atoms. The molecule has 1 aromatic rings. The number of ether oxygens (including phenoxy) is 1. The van der Waals surface area contributed by atoms with Gasteiger partial charge in [0.25, 0.3) is 0 Å². The highest BCUT2D eigenvalue weighted by molar-refractivity contribution is 6.30. The molecule has 0 aliphatic heterocycles. The van der Waals surface area contributed by atoms with Crippen molar-refractivity contribution in [2.45, 2.75) is 6.92 Å². The summed E-state index contributed by atoms with van der Waals surface area (Å²) in [7, 11) is 1.36. The summed E-state index contributed by atoms with van der Waals surface area (Å²) in [6.07, 6.45) is 1.45. The van der Waals surface area contributed by atoms with E-state index in [2.05, 4.69) is 4.74 Å². The minimum Gasteiger partial charge on any atom is -0.466 e. The number of methoxy groups -OCH3 is 1. The number of allylic oxidation sites excluding steroid dienone is 1. The summed E-state index contributed by atoms with van der Waals surface area (Å²) < 4.78 is 4.52. The minimum absolute atomic E-state index is 0.350. The third-order valence-electron chi connectivity index (χ3n) is 1.84. The Morgan fingerprint density at radius 2 is 1.93 bits per heavy atom. The lowest BCUT2D eigenvalue weighted by atomic mass is 10.1. The second kappa shape index (κ2) is 4.82. The maximum Gasteiger partial charge on any atom is 0.330 e. The van der Waals surface area contributed by atoms with E-state index in [0.29, 0.717) is 5.02 Å². The Kier molecular flexibility index (Phi) is 3.72. The predicted molar refractivity (Wildman–Crippen MR) is 57.1 cm³/mol. The van der Waals surface area contributed by atoms with E-state index in [0.717, 1.165) is 11.1 Å². The molecular weight excluding hydrogens is 200 g/mol. The van der Waals surface area contributed by atoms with Crippen LogP contribution in [0.2, 0.25) is 5.02 Å². The van der Waals surface area contributed by atoms with E-state index in [1.807, 2.05) is 19.1 Å². The van der Waals surface area contributed by atoms with E-state index in [-0.39, 0.29) is 5.97 Å². The van der Waals surface area contributed by atoms with Crippen LogP contribution in [0.5, 0.6) is 0 Å². The number of carbonyl (C=O) groups is 1. The van der Waals surface area contributed by atoms with E-state index in [1.165, 1.54) is 13.2 Å². The molecule has 0 heterocycles. The summed E-state index contributed by atoms with van der Waals surface area (Å²) in [5.74, 6) is -0.350. The van der Waals surface area contributed by atoms with Crippen molar-refractivity contribution in [2.75, 3.05) is 7.11 Å². The molecule has 0 saturated heterocycles. The number of hydrogen-bond acceptors (Lipinski definition) is 2. The van der Waals surface area contributed by atoms with Crippen molar-refractivity contribution < 1.29 is 9.53 Å². The van der Waals surface area contributed by atoms with Gasteiger partial charge >= 0.3 is 5.97 Å². The number of carbonyl (C=O) groups excluding carboxylic acids is 1. The van der Waals surface area contributed by atoms with Crippen LogP contribution in [0.3, 0.4) is 0 Å². The van der Waals surface area contributed by atoms with Gasteiger partial charge in [-0.2, -0.15) is 0 Å². The Hall–Kier alpha value is -1.28. The third-order valence-corrected chi connectivity index (χ3v) is 2.09. The molecule has 14 heavy (non-hydrogen) atoms. The predicted octanol–water partition coefficient (Wildman–Crippen LogP) is 2.92. The van der Waals surface area contributed by atoms with E-state index in [9.17, 15) is 4.79 Å². The first-order valence-electron chi connectivity index (χ1n) is 4.15. The molecule has 0 aromatic heterocycles. The molecule has 74 valence electrons. The molecule has 1 rings (SSSR count). The van der Waals surface area contributed by atoms with Gasteiger partial charge in [-0.05, 0) is 30.2 Å². The lowest BCUT2D eigenvalue weighted by Gasteiger charge is -2.00. The molecule has 0 saturated carbocycles. The van der Waals surface area contributed by atoms with Gasteiger partial charge < -0.3 is 4.74 Å². The fourth-order valence-electron chi connectivity index (χ4n) is 1.03. The highest BCUT2D eigenvalue weighted by Crippen LogP contribution is 2.16. The SMILES string of the molecule is COC(=O)/C=C(/C)c1ccc(Cl)cc1. The number of rotatable bonds is 2. The molecule has 0 N–H and O–H groups in total. The van der Waals surface area contributed by atoms with E-state index in [4.69, 9.17) is 11.6 Å². The second-order valence-corrected chi connectivity index (χ2v) is 3.29. The molecule has 0 aliphatic carbocycles. The first kappa shape index (κ1) is 10.8. The lowest BCUT2D eigenvalue weighted by Crippen LogP contribution is -1.95. The second-order valence-electron chi connectivity index (χ2n) is 2.86. The van der Waals surface area contributed by atoms with Gasteiger partial charge in [-0.3, -0.25) is 0 Å². The maximum atomic E-state index is 10.9. The minimum atomic E-state index is -0.350. The normalized spacial score (nSPS) is 11.2. The number of hydrogen-bond donors (Lipinski definition) is 0. The first-order chi connectivity index (χ1) is 6.63. The number of halogens is 1. The summed E-state index contributed by atoms with van der Waals surface area (Å²) in [5, 5.41) is 0.680. The van der Waals surface area contributed by atoms with Gasteiger partial charge in [0.05, 0.1) is 7.11 Å². The summed E-state index contributed by atoms with van der Waals surface area (Å²) >= 11 is 5.74. The van der Waals surface area contributed by atoms with Gasteiger partial charge in [-0.15, -0.1) is 0 Å². The molecule has 0 aliphatic rings. The summed E-state index contributed by atoms with van der Waals surface area (Å²) in [5.41, 5.74) is 1.81. The molecule has 0 spiro atoms. The van der Waals surface area contributed by atoms with Crippen molar-refractivity contribution in [3.8, 4) is 0 Å².